The quantitative estimate of drug-likeness (QED) is 0.508. The van der Waals surface area contributed by atoms with Gasteiger partial charge in [-0.25, -0.2) is 19.9 Å². The predicted octanol–water partition coefficient (Wildman–Crippen LogP) is 4.38. The minimum absolute atomic E-state index is 0.209. The summed E-state index contributed by atoms with van der Waals surface area (Å²) in [6.45, 7) is 2.11. The van der Waals surface area contributed by atoms with Crippen LogP contribution in [-0.4, -0.2) is 56.1 Å². The number of nitrogens with zero attached hydrogens (tertiary/aromatic N) is 5. The molecule has 2 aliphatic rings. The molecular formula is C25H28N6O. The normalized spacial score (nSPS) is 18.3. The molecule has 2 fully saturated rings. The van der Waals surface area contributed by atoms with E-state index in [4.69, 9.17) is 14.7 Å². The van der Waals surface area contributed by atoms with Crippen molar-refractivity contribution in [3.8, 4) is 17.0 Å². The lowest BCUT2D eigenvalue weighted by atomic mass is 9.83. The third-order valence-corrected chi connectivity index (χ3v) is 6.96. The molecule has 1 saturated carbocycles. The molecule has 1 saturated heterocycles. The van der Waals surface area contributed by atoms with Crippen molar-refractivity contribution in [3.63, 3.8) is 0 Å². The highest BCUT2D eigenvalue weighted by atomic mass is 16.5. The molecule has 3 aromatic heterocycles. The highest BCUT2D eigenvalue weighted by molar-refractivity contribution is 5.95. The number of fused-ring (bicyclic) bond motifs is 2. The van der Waals surface area contributed by atoms with Crippen LogP contribution in [0.1, 0.15) is 37.9 Å². The van der Waals surface area contributed by atoms with Crippen LogP contribution in [0.2, 0.25) is 0 Å². The van der Waals surface area contributed by atoms with Gasteiger partial charge in [0.05, 0.1) is 17.2 Å². The molecular weight excluding hydrogens is 400 g/mol. The molecule has 1 N–H and O–H groups in total. The highest BCUT2D eigenvalue weighted by Crippen LogP contribution is 2.32. The average Bonchev–Trinajstić information content (AvgIpc) is 3.21. The fraction of sp³-hybridized carbons (Fsp3) is 0.440. The summed E-state index contributed by atoms with van der Waals surface area (Å²) in [5, 5.41) is 1.04. The number of aromatic amines is 1. The number of nitrogens with one attached hydrogen (secondary N) is 1. The molecule has 6 rings (SSSR count). The van der Waals surface area contributed by atoms with Gasteiger partial charge in [0.1, 0.15) is 17.6 Å². The lowest BCUT2D eigenvalue weighted by Crippen LogP contribution is -2.35. The van der Waals surface area contributed by atoms with Crippen LogP contribution in [0.15, 0.2) is 36.8 Å². The molecule has 1 aliphatic heterocycles. The zero-order valence-electron chi connectivity index (χ0n) is 18.4. The average molecular weight is 429 g/mol. The Hall–Kier alpha value is -3.06. The second kappa shape index (κ2) is 8.13. The summed E-state index contributed by atoms with van der Waals surface area (Å²) in [6, 6.07) is 6.18. The van der Waals surface area contributed by atoms with Crippen molar-refractivity contribution in [1.82, 2.24) is 29.8 Å². The highest BCUT2D eigenvalue weighted by Gasteiger charge is 2.20. The maximum atomic E-state index is 6.14. The van der Waals surface area contributed by atoms with Crippen molar-refractivity contribution in [2.24, 2.45) is 5.92 Å². The number of benzene rings is 1. The fourth-order valence-corrected chi connectivity index (χ4v) is 4.73. The lowest BCUT2D eigenvalue weighted by molar-refractivity contribution is 0.110. The summed E-state index contributed by atoms with van der Waals surface area (Å²) in [4.78, 5) is 24.4. The smallest absolute Gasteiger partial charge is 0.233 e. The van der Waals surface area contributed by atoms with Crippen LogP contribution in [0.25, 0.3) is 33.2 Å². The van der Waals surface area contributed by atoms with Gasteiger partial charge in [0.25, 0.3) is 0 Å². The van der Waals surface area contributed by atoms with Crippen molar-refractivity contribution in [3.05, 3.63) is 42.6 Å². The van der Waals surface area contributed by atoms with Crippen molar-refractivity contribution in [2.45, 2.75) is 44.6 Å². The van der Waals surface area contributed by atoms with Crippen LogP contribution in [0.3, 0.4) is 0 Å². The van der Waals surface area contributed by atoms with E-state index in [0.29, 0.717) is 5.88 Å². The second-order valence-electron chi connectivity index (χ2n) is 9.28. The van der Waals surface area contributed by atoms with Crippen molar-refractivity contribution >= 4 is 22.1 Å². The summed E-state index contributed by atoms with van der Waals surface area (Å²) >= 11 is 0. The van der Waals surface area contributed by atoms with E-state index in [1.54, 1.807) is 6.20 Å². The van der Waals surface area contributed by atoms with Gasteiger partial charge in [0.15, 0.2) is 0 Å². The molecule has 4 aromatic rings. The van der Waals surface area contributed by atoms with Gasteiger partial charge in [-0.3, -0.25) is 0 Å². The molecule has 164 valence electrons. The number of aromatic nitrogens is 5. The number of rotatable bonds is 5. The van der Waals surface area contributed by atoms with Crippen LogP contribution in [0, 0.1) is 5.92 Å². The first-order valence-electron chi connectivity index (χ1n) is 11.7. The van der Waals surface area contributed by atoms with Crippen LogP contribution in [0.4, 0.5) is 0 Å². The number of likely N-dealkylation sites (tertiary alicyclic amines) is 1. The van der Waals surface area contributed by atoms with Gasteiger partial charge in [-0.05, 0) is 43.5 Å². The molecule has 0 atom stereocenters. The number of ether oxygens (including phenoxy) is 1. The van der Waals surface area contributed by atoms with E-state index in [0.717, 1.165) is 77.3 Å². The minimum Gasteiger partial charge on any atom is -0.473 e. The van der Waals surface area contributed by atoms with E-state index in [1.165, 1.54) is 19.3 Å². The van der Waals surface area contributed by atoms with Gasteiger partial charge >= 0.3 is 0 Å². The van der Waals surface area contributed by atoms with Gasteiger partial charge in [-0.15, -0.1) is 0 Å². The van der Waals surface area contributed by atoms with E-state index in [9.17, 15) is 0 Å². The van der Waals surface area contributed by atoms with Crippen LogP contribution in [0.5, 0.6) is 5.88 Å². The molecule has 1 aliphatic carbocycles. The molecule has 0 unspecified atom stereocenters. The maximum absolute atomic E-state index is 6.14. The molecule has 32 heavy (non-hydrogen) atoms. The molecule has 4 heterocycles. The zero-order chi connectivity index (χ0) is 21.5. The van der Waals surface area contributed by atoms with Gasteiger partial charge in [-0.1, -0.05) is 25.3 Å². The third-order valence-electron chi connectivity index (χ3n) is 6.96. The zero-order valence-corrected chi connectivity index (χ0v) is 18.4. The van der Waals surface area contributed by atoms with Crippen molar-refractivity contribution in [1.29, 1.82) is 0 Å². The Bertz CT molecular complexity index is 1260. The summed E-state index contributed by atoms with van der Waals surface area (Å²) in [5.74, 6) is 2.30. The van der Waals surface area contributed by atoms with Gasteiger partial charge in [0.2, 0.25) is 5.88 Å². The Morgan fingerprint density at radius 1 is 1.03 bits per heavy atom. The number of H-pyrrole nitrogens is 1. The molecule has 1 aromatic carbocycles. The third kappa shape index (κ3) is 3.81. The van der Waals surface area contributed by atoms with E-state index in [2.05, 4.69) is 39.0 Å². The standard InChI is InChI=1S/C25H28N6O/c1-31-9-7-18(8-10-31)32-24-15-26-21-6-5-17(12-22(21)29-24)19-13-28-25-20(19)14-27-23(30-25)11-16-3-2-4-16/h5-6,12-16,18H,2-4,7-11H2,1H3,(H,27,28,30). The summed E-state index contributed by atoms with van der Waals surface area (Å²) in [6.07, 6.45) is 12.9. The Kier molecular flexibility index (Phi) is 4.98. The first-order chi connectivity index (χ1) is 15.7. The topological polar surface area (TPSA) is 79.8 Å². The summed E-state index contributed by atoms with van der Waals surface area (Å²) in [5.41, 5.74) is 4.76. The molecule has 0 amide bonds. The van der Waals surface area contributed by atoms with Crippen molar-refractivity contribution < 1.29 is 4.74 Å². The van der Waals surface area contributed by atoms with E-state index >= 15 is 0 Å². The van der Waals surface area contributed by atoms with E-state index < -0.39 is 0 Å². The molecule has 7 nitrogen and oxygen atoms in total. The Morgan fingerprint density at radius 2 is 1.91 bits per heavy atom. The molecule has 0 spiro atoms. The minimum atomic E-state index is 0.209. The summed E-state index contributed by atoms with van der Waals surface area (Å²) in [7, 11) is 2.15. The molecule has 7 heteroatoms. The number of hydrogen-bond acceptors (Lipinski definition) is 6. The van der Waals surface area contributed by atoms with E-state index in [1.807, 2.05) is 18.5 Å². The van der Waals surface area contributed by atoms with Crippen molar-refractivity contribution in [2.75, 3.05) is 20.1 Å². The van der Waals surface area contributed by atoms with Gasteiger partial charge in [-0.2, -0.15) is 0 Å². The van der Waals surface area contributed by atoms with Crippen LogP contribution >= 0.6 is 0 Å². The maximum Gasteiger partial charge on any atom is 0.233 e. The van der Waals surface area contributed by atoms with Crippen LogP contribution in [-0.2, 0) is 6.42 Å². The molecule has 0 radical (unpaired) electrons. The van der Waals surface area contributed by atoms with E-state index in [-0.39, 0.29) is 6.10 Å². The SMILES string of the molecule is CN1CCC(Oc2cnc3ccc(-c4c[nH]c5nc(CC6CCC6)ncc45)cc3n2)CC1. The van der Waals surface area contributed by atoms with Crippen LogP contribution < -0.4 is 4.74 Å². The van der Waals surface area contributed by atoms with Gasteiger partial charge < -0.3 is 14.6 Å². The lowest BCUT2D eigenvalue weighted by Gasteiger charge is -2.28. The second-order valence-corrected chi connectivity index (χ2v) is 9.28. The Morgan fingerprint density at radius 3 is 2.72 bits per heavy atom. The summed E-state index contributed by atoms with van der Waals surface area (Å²) < 4.78 is 6.14. The number of piperidine rings is 1. The van der Waals surface area contributed by atoms with Gasteiger partial charge in [0, 0.05) is 42.9 Å². The Labute approximate surface area is 187 Å². The molecule has 0 bridgehead atoms. The first-order valence-corrected chi connectivity index (χ1v) is 11.7. The fourth-order valence-electron chi connectivity index (χ4n) is 4.73. The Balaban J connectivity index is 1.27. The predicted molar refractivity (Wildman–Crippen MR) is 125 cm³/mol. The largest absolute Gasteiger partial charge is 0.473 e. The monoisotopic (exact) mass is 428 g/mol. The first kappa shape index (κ1) is 19.6. The number of hydrogen-bond donors (Lipinski definition) is 1.